The molecule has 1 fully saturated rings. The molecule has 3 nitrogen and oxygen atoms in total. The van der Waals surface area contributed by atoms with Crippen molar-refractivity contribution in [3.8, 4) is 5.69 Å². The molecule has 0 saturated heterocycles. The summed E-state index contributed by atoms with van der Waals surface area (Å²) < 4.78 is 2.16. The van der Waals surface area contributed by atoms with Gasteiger partial charge in [-0.2, -0.15) is 0 Å². The van der Waals surface area contributed by atoms with Gasteiger partial charge < -0.3 is 0 Å². The van der Waals surface area contributed by atoms with E-state index in [0.29, 0.717) is 5.92 Å². The van der Waals surface area contributed by atoms with Crippen LogP contribution in [0.4, 0.5) is 0 Å². The topological polar surface area (TPSA) is 30.7 Å². The lowest BCUT2D eigenvalue weighted by molar-refractivity contribution is 0.397. The fraction of sp³-hybridized carbons (Fsp3) is 0.250. The predicted octanol–water partition coefficient (Wildman–Crippen LogP) is 3.69. The summed E-state index contributed by atoms with van der Waals surface area (Å²) in [5.74, 6) is 1.70. The molecule has 1 saturated carbocycles. The molecule has 3 heteroatoms. The van der Waals surface area contributed by atoms with Crippen LogP contribution >= 0.6 is 0 Å². The Bertz CT molecular complexity index is 720. The van der Waals surface area contributed by atoms with Crippen LogP contribution in [0.2, 0.25) is 0 Å². The van der Waals surface area contributed by atoms with Gasteiger partial charge in [0, 0.05) is 11.3 Å². The van der Waals surface area contributed by atoms with Crippen molar-refractivity contribution in [1.29, 1.82) is 0 Å². The molecular weight excluding hydrogens is 234 g/mol. The quantitative estimate of drug-likeness (QED) is 0.693. The fourth-order valence-corrected chi connectivity index (χ4v) is 2.79. The van der Waals surface area contributed by atoms with Gasteiger partial charge in [0.2, 0.25) is 0 Å². The maximum absolute atomic E-state index is 4.33. The first-order valence-corrected chi connectivity index (χ1v) is 6.81. The molecule has 0 N–H and O–H groups in total. The van der Waals surface area contributed by atoms with Crippen LogP contribution in [-0.4, -0.2) is 14.8 Å². The van der Waals surface area contributed by atoms with Gasteiger partial charge in [-0.15, -0.1) is 10.2 Å². The van der Waals surface area contributed by atoms with Crippen LogP contribution in [-0.2, 0) is 0 Å². The first-order valence-electron chi connectivity index (χ1n) is 6.81. The number of benzene rings is 2. The van der Waals surface area contributed by atoms with Crippen molar-refractivity contribution >= 4 is 10.8 Å². The molecule has 19 heavy (non-hydrogen) atoms. The Labute approximate surface area is 111 Å². The Kier molecular flexibility index (Phi) is 2.37. The molecule has 1 aliphatic rings. The van der Waals surface area contributed by atoms with E-state index in [1.54, 1.807) is 0 Å². The fourth-order valence-electron chi connectivity index (χ4n) is 2.79. The first-order chi connectivity index (χ1) is 9.43. The van der Waals surface area contributed by atoms with Crippen molar-refractivity contribution in [1.82, 2.24) is 14.8 Å². The number of aromatic nitrogens is 3. The van der Waals surface area contributed by atoms with Gasteiger partial charge in [-0.3, -0.25) is 4.57 Å². The van der Waals surface area contributed by atoms with Gasteiger partial charge in [0.25, 0.3) is 0 Å². The highest BCUT2D eigenvalue weighted by atomic mass is 15.3. The zero-order chi connectivity index (χ0) is 12.7. The molecule has 0 unspecified atom stereocenters. The number of rotatable bonds is 2. The monoisotopic (exact) mass is 249 g/mol. The van der Waals surface area contributed by atoms with E-state index in [0.717, 1.165) is 5.82 Å². The van der Waals surface area contributed by atoms with E-state index in [1.807, 2.05) is 6.33 Å². The summed E-state index contributed by atoms with van der Waals surface area (Å²) in [6.07, 6.45) is 5.63. The number of fused-ring (bicyclic) bond motifs is 1. The molecule has 3 aromatic rings. The van der Waals surface area contributed by atoms with Crippen LogP contribution in [0.3, 0.4) is 0 Å². The van der Waals surface area contributed by atoms with Gasteiger partial charge in [-0.05, 0) is 24.3 Å². The van der Waals surface area contributed by atoms with Gasteiger partial charge in [-0.25, -0.2) is 0 Å². The highest BCUT2D eigenvalue weighted by Gasteiger charge is 2.25. The SMILES string of the molecule is c1ccc2c(-n3cnnc3C3CCC3)cccc2c1. The van der Waals surface area contributed by atoms with E-state index >= 15 is 0 Å². The molecule has 0 amide bonds. The molecular formula is C16H15N3. The molecule has 2 aromatic carbocycles. The van der Waals surface area contributed by atoms with Crippen LogP contribution in [0.1, 0.15) is 31.0 Å². The van der Waals surface area contributed by atoms with Crippen molar-refractivity contribution in [3.63, 3.8) is 0 Å². The predicted molar refractivity (Wildman–Crippen MR) is 75.5 cm³/mol. The van der Waals surface area contributed by atoms with E-state index in [9.17, 15) is 0 Å². The van der Waals surface area contributed by atoms with Gasteiger partial charge in [0.15, 0.2) is 0 Å². The summed E-state index contributed by atoms with van der Waals surface area (Å²) in [6.45, 7) is 0. The zero-order valence-electron chi connectivity index (χ0n) is 10.7. The molecule has 0 spiro atoms. The third kappa shape index (κ3) is 1.65. The smallest absolute Gasteiger partial charge is 0.140 e. The second-order valence-corrected chi connectivity index (χ2v) is 5.19. The Morgan fingerprint density at radius 2 is 1.84 bits per heavy atom. The maximum atomic E-state index is 4.33. The van der Waals surface area contributed by atoms with Gasteiger partial charge in [0.05, 0.1) is 5.69 Å². The van der Waals surface area contributed by atoms with E-state index in [2.05, 4.69) is 57.2 Å². The Morgan fingerprint density at radius 3 is 2.68 bits per heavy atom. The summed E-state index contributed by atoms with van der Waals surface area (Å²) in [4.78, 5) is 0. The number of nitrogens with zero attached hydrogens (tertiary/aromatic N) is 3. The summed E-state index contributed by atoms with van der Waals surface area (Å²) in [5, 5.41) is 11.0. The summed E-state index contributed by atoms with van der Waals surface area (Å²) >= 11 is 0. The van der Waals surface area contributed by atoms with Crippen molar-refractivity contribution in [2.75, 3.05) is 0 Å². The molecule has 0 atom stereocenters. The van der Waals surface area contributed by atoms with Crippen LogP contribution in [0, 0.1) is 0 Å². The third-order valence-corrected chi connectivity index (χ3v) is 4.07. The van der Waals surface area contributed by atoms with Crippen molar-refractivity contribution in [2.24, 2.45) is 0 Å². The molecule has 0 radical (unpaired) electrons. The Balaban J connectivity index is 1.93. The highest BCUT2D eigenvalue weighted by Crippen LogP contribution is 2.36. The normalized spacial score (nSPS) is 15.6. The summed E-state index contributed by atoms with van der Waals surface area (Å²) in [5.41, 5.74) is 1.19. The molecule has 4 rings (SSSR count). The van der Waals surface area contributed by atoms with E-state index in [4.69, 9.17) is 0 Å². The molecule has 1 heterocycles. The van der Waals surface area contributed by atoms with Crippen LogP contribution < -0.4 is 0 Å². The average molecular weight is 249 g/mol. The van der Waals surface area contributed by atoms with E-state index in [-0.39, 0.29) is 0 Å². The zero-order valence-corrected chi connectivity index (χ0v) is 10.7. The highest BCUT2D eigenvalue weighted by molar-refractivity contribution is 5.90. The van der Waals surface area contributed by atoms with Gasteiger partial charge >= 0.3 is 0 Å². The maximum Gasteiger partial charge on any atom is 0.140 e. The Hall–Kier alpha value is -2.16. The van der Waals surface area contributed by atoms with Gasteiger partial charge in [0.1, 0.15) is 12.2 Å². The lowest BCUT2D eigenvalue weighted by atomic mass is 9.85. The third-order valence-electron chi connectivity index (χ3n) is 4.07. The van der Waals surface area contributed by atoms with Crippen LogP contribution in [0.15, 0.2) is 48.8 Å². The minimum Gasteiger partial charge on any atom is -0.285 e. The average Bonchev–Trinajstić information content (AvgIpc) is 2.85. The molecule has 1 aromatic heterocycles. The van der Waals surface area contributed by atoms with Crippen LogP contribution in [0.25, 0.3) is 16.5 Å². The number of hydrogen-bond acceptors (Lipinski definition) is 2. The second-order valence-electron chi connectivity index (χ2n) is 5.19. The summed E-state index contributed by atoms with van der Waals surface area (Å²) in [6, 6.07) is 14.9. The minimum atomic E-state index is 0.585. The van der Waals surface area contributed by atoms with Crippen LogP contribution in [0.5, 0.6) is 0 Å². The summed E-state index contributed by atoms with van der Waals surface area (Å²) in [7, 11) is 0. The Morgan fingerprint density at radius 1 is 1.00 bits per heavy atom. The molecule has 1 aliphatic carbocycles. The second kappa shape index (κ2) is 4.19. The van der Waals surface area contributed by atoms with Crippen molar-refractivity contribution < 1.29 is 0 Å². The first kappa shape index (κ1) is 10.7. The van der Waals surface area contributed by atoms with Crippen molar-refractivity contribution in [3.05, 3.63) is 54.6 Å². The van der Waals surface area contributed by atoms with Crippen molar-refractivity contribution in [2.45, 2.75) is 25.2 Å². The molecule has 94 valence electrons. The number of hydrogen-bond donors (Lipinski definition) is 0. The standard InChI is InChI=1S/C16H15N3/c1-2-9-14-12(5-1)6-4-10-15(14)19-11-17-18-16(19)13-7-3-8-13/h1-2,4-6,9-11,13H,3,7-8H2. The van der Waals surface area contributed by atoms with E-state index in [1.165, 1.54) is 35.7 Å². The minimum absolute atomic E-state index is 0.585. The molecule has 0 aliphatic heterocycles. The lowest BCUT2D eigenvalue weighted by Gasteiger charge is -2.25. The lowest BCUT2D eigenvalue weighted by Crippen LogP contribution is -2.14. The molecule has 0 bridgehead atoms. The van der Waals surface area contributed by atoms with E-state index < -0.39 is 0 Å². The largest absolute Gasteiger partial charge is 0.285 e. The van der Waals surface area contributed by atoms with Gasteiger partial charge in [-0.1, -0.05) is 42.8 Å².